The van der Waals surface area contributed by atoms with Crippen LogP contribution in [0, 0.1) is 5.92 Å². The van der Waals surface area contributed by atoms with Crippen molar-refractivity contribution < 1.29 is 19.0 Å². The van der Waals surface area contributed by atoms with Gasteiger partial charge in [0.15, 0.2) is 5.78 Å². The van der Waals surface area contributed by atoms with E-state index in [1.807, 2.05) is 38.1 Å². The number of benzene rings is 1. The van der Waals surface area contributed by atoms with Crippen LogP contribution >= 0.6 is 0 Å². The van der Waals surface area contributed by atoms with Crippen molar-refractivity contribution in [2.24, 2.45) is 5.92 Å². The van der Waals surface area contributed by atoms with Crippen LogP contribution in [-0.2, 0) is 9.47 Å². The van der Waals surface area contributed by atoms with Crippen LogP contribution in [0.3, 0.4) is 0 Å². The first-order valence-corrected chi connectivity index (χ1v) is 11.6. The van der Waals surface area contributed by atoms with Gasteiger partial charge in [0.2, 0.25) is 0 Å². The molecule has 1 aliphatic heterocycles. The average Bonchev–Trinajstić information content (AvgIpc) is 2.77. The first-order valence-electron chi connectivity index (χ1n) is 11.6. The SMILES string of the molecule is CCC(C)(CC)OCCOCCN1CCC(Oc2ccc(C(=O)C(C)C)cc2)CC1. The zero-order chi connectivity index (χ0) is 22.0. The van der Waals surface area contributed by atoms with Crippen molar-refractivity contribution in [2.45, 2.75) is 72.0 Å². The molecule has 5 heteroatoms. The Morgan fingerprint density at radius 1 is 1.07 bits per heavy atom. The Hall–Kier alpha value is -1.43. The molecular formula is C25H41NO4. The molecule has 0 bridgehead atoms. The van der Waals surface area contributed by atoms with E-state index in [0.29, 0.717) is 13.2 Å². The summed E-state index contributed by atoms with van der Waals surface area (Å²) in [5.74, 6) is 1.04. The molecule has 0 spiro atoms. The number of ketones is 1. The Morgan fingerprint density at radius 3 is 2.27 bits per heavy atom. The first kappa shape index (κ1) is 24.8. The second-order valence-electron chi connectivity index (χ2n) is 8.82. The highest BCUT2D eigenvalue weighted by molar-refractivity contribution is 5.97. The minimum absolute atomic E-state index is 0.0183. The van der Waals surface area contributed by atoms with E-state index >= 15 is 0 Å². The van der Waals surface area contributed by atoms with Crippen molar-refractivity contribution in [3.05, 3.63) is 29.8 Å². The van der Waals surface area contributed by atoms with Crippen LogP contribution in [0.4, 0.5) is 0 Å². The maximum atomic E-state index is 12.0. The zero-order valence-corrected chi connectivity index (χ0v) is 19.6. The smallest absolute Gasteiger partial charge is 0.165 e. The van der Waals surface area contributed by atoms with E-state index in [1.165, 1.54) is 0 Å². The second-order valence-corrected chi connectivity index (χ2v) is 8.82. The lowest BCUT2D eigenvalue weighted by molar-refractivity contribution is -0.0626. The zero-order valence-electron chi connectivity index (χ0n) is 19.6. The van der Waals surface area contributed by atoms with Gasteiger partial charge in [0.1, 0.15) is 11.9 Å². The predicted octanol–water partition coefficient (Wildman–Crippen LogP) is 4.98. The molecule has 2 rings (SSSR count). The molecule has 0 aliphatic carbocycles. The van der Waals surface area contributed by atoms with Crippen LogP contribution in [0.25, 0.3) is 0 Å². The summed E-state index contributed by atoms with van der Waals surface area (Å²) in [6.07, 6.45) is 4.33. The molecule has 1 aromatic rings. The van der Waals surface area contributed by atoms with E-state index in [-0.39, 0.29) is 23.4 Å². The first-order chi connectivity index (χ1) is 14.4. The molecular weight excluding hydrogens is 378 g/mol. The highest BCUT2D eigenvalue weighted by atomic mass is 16.5. The number of nitrogens with zero attached hydrogens (tertiary/aromatic N) is 1. The van der Waals surface area contributed by atoms with Gasteiger partial charge in [-0.2, -0.15) is 0 Å². The van der Waals surface area contributed by atoms with Crippen molar-refractivity contribution in [2.75, 3.05) is 39.5 Å². The number of carbonyl (C=O) groups is 1. The molecule has 0 aromatic heterocycles. The van der Waals surface area contributed by atoms with Gasteiger partial charge in [0.25, 0.3) is 0 Å². The highest BCUT2D eigenvalue weighted by Crippen LogP contribution is 2.21. The maximum absolute atomic E-state index is 12.0. The summed E-state index contributed by atoms with van der Waals surface area (Å²) in [6.45, 7) is 15.4. The van der Waals surface area contributed by atoms with Crippen LogP contribution in [0.5, 0.6) is 5.75 Å². The lowest BCUT2D eigenvalue weighted by Crippen LogP contribution is -2.40. The van der Waals surface area contributed by atoms with Crippen molar-refractivity contribution in [3.63, 3.8) is 0 Å². The third kappa shape index (κ3) is 8.01. The third-order valence-electron chi connectivity index (χ3n) is 6.23. The molecule has 0 atom stereocenters. The van der Waals surface area contributed by atoms with Gasteiger partial charge >= 0.3 is 0 Å². The topological polar surface area (TPSA) is 48.0 Å². The summed E-state index contributed by atoms with van der Waals surface area (Å²) in [4.78, 5) is 14.5. The number of likely N-dealkylation sites (tertiary alicyclic amines) is 1. The molecule has 0 N–H and O–H groups in total. The fourth-order valence-corrected chi connectivity index (χ4v) is 3.57. The van der Waals surface area contributed by atoms with E-state index in [1.54, 1.807) is 0 Å². The fraction of sp³-hybridized carbons (Fsp3) is 0.720. The van der Waals surface area contributed by atoms with E-state index in [0.717, 1.165) is 63.2 Å². The number of ether oxygens (including phenoxy) is 3. The van der Waals surface area contributed by atoms with Crippen LogP contribution in [0.2, 0.25) is 0 Å². The largest absolute Gasteiger partial charge is 0.490 e. The summed E-state index contributed by atoms with van der Waals surface area (Å²) in [6, 6.07) is 7.58. The number of Topliss-reactive ketones (excluding diaryl/α,β-unsaturated/α-hetero) is 1. The van der Waals surface area contributed by atoms with E-state index in [2.05, 4.69) is 25.7 Å². The third-order valence-corrected chi connectivity index (χ3v) is 6.23. The lowest BCUT2D eigenvalue weighted by atomic mass is 10.0. The number of rotatable bonds is 13. The van der Waals surface area contributed by atoms with E-state index in [4.69, 9.17) is 14.2 Å². The average molecular weight is 420 g/mol. The van der Waals surface area contributed by atoms with Gasteiger partial charge in [-0.1, -0.05) is 27.7 Å². The molecule has 0 radical (unpaired) electrons. The van der Waals surface area contributed by atoms with Crippen LogP contribution in [0.15, 0.2) is 24.3 Å². The van der Waals surface area contributed by atoms with Crippen molar-refractivity contribution in [3.8, 4) is 5.75 Å². The Labute approximate surface area is 183 Å². The number of piperidine rings is 1. The Morgan fingerprint density at radius 2 is 1.70 bits per heavy atom. The maximum Gasteiger partial charge on any atom is 0.165 e. The minimum atomic E-state index is -0.0183. The van der Waals surface area contributed by atoms with Gasteiger partial charge < -0.3 is 19.1 Å². The van der Waals surface area contributed by atoms with Gasteiger partial charge in [0.05, 0.1) is 25.4 Å². The summed E-state index contributed by atoms with van der Waals surface area (Å²) in [7, 11) is 0. The molecule has 1 saturated heterocycles. The molecule has 1 fully saturated rings. The Balaban J connectivity index is 1.59. The summed E-state index contributed by atoms with van der Waals surface area (Å²) in [5, 5.41) is 0. The standard InChI is InChI=1S/C25H41NO4/c1-6-25(5,7-2)29-19-18-28-17-16-26-14-12-23(13-15-26)30-22-10-8-21(9-11-22)24(27)20(3)4/h8-11,20,23H,6-7,12-19H2,1-5H3. The molecule has 170 valence electrons. The molecule has 0 amide bonds. The quantitative estimate of drug-likeness (QED) is 0.333. The van der Waals surface area contributed by atoms with E-state index in [9.17, 15) is 4.79 Å². The molecule has 1 aromatic carbocycles. The summed E-state index contributed by atoms with van der Waals surface area (Å²) in [5.41, 5.74) is 0.738. The molecule has 30 heavy (non-hydrogen) atoms. The van der Waals surface area contributed by atoms with Crippen molar-refractivity contribution in [1.82, 2.24) is 4.90 Å². The molecule has 5 nitrogen and oxygen atoms in total. The normalized spacial score (nSPS) is 16.2. The molecule has 1 heterocycles. The monoisotopic (exact) mass is 419 g/mol. The van der Waals surface area contributed by atoms with Crippen LogP contribution in [0.1, 0.15) is 70.7 Å². The van der Waals surface area contributed by atoms with Gasteiger partial charge in [0, 0.05) is 31.1 Å². The second kappa shape index (κ2) is 12.4. The van der Waals surface area contributed by atoms with Crippen molar-refractivity contribution in [1.29, 1.82) is 0 Å². The summed E-state index contributed by atoms with van der Waals surface area (Å²) >= 11 is 0. The highest BCUT2D eigenvalue weighted by Gasteiger charge is 2.21. The Kier molecular flexibility index (Phi) is 10.3. The van der Waals surface area contributed by atoms with E-state index < -0.39 is 0 Å². The molecule has 1 aliphatic rings. The number of carbonyl (C=O) groups excluding carboxylic acids is 1. The Bertz CT molecular complexity index is 617. The van der Waals surface area contributed by atoms with Crippen molar-refractivity contribution >= 4 is 5.78 Å². The number of hydrogen-bond acceptors (Lipinski definition) is 5. The molecule has 0 unspecified atom stereocenters. The lowest BCUT2D eigenvalue weighted by Gasteiger charge is -2.32. The minimum Gasteiger partial charge on any atom is -0.490 e. The van der Waals surface area contributed by atoms with Gasteiger partial charge in [-0.3, -0.25) is 4.79 Å². The fourth-order valence-electron chi connectivity index (χ4n) is 3.57. The summed E-state index contributed by atoms with van der Waals surface area (Å²) < 4.78 is 17.8. The van der Waals surface area contributed by atoms with Crippen LogP contribution in [-0.4, -0.2) is 61.8 Å². The predicted molar refractivity (Wildman–Crippen MR) is 121 cm³/mol. The van der Waals surface area contributed by atoms with Gasteiger partial charge in [-0.05, 0) is 56.9 Å². The van der Waals surface area contributed by atoms with Gasteiger partial charge in [-0.25, -0.2) is 0 Å². The molecule has 0 saturated carbocycles. The van der Waals surface area contributed by atoms with Crippen LogP contribution < -0.4 is 4.74 Å². The van der Waals surface area contributed by atoms with Gasteiger partial charge in [-0.15, -0.1) is 0 Å². The number of hydrogen-bond donors (Lipinski definition) is 0.